The minimum Gasteiger partial charge on any atom is -0.319 e. The molecule has 0 bridgehead atoms. The van der Waals surface area contributed by atoms with Crippen LogP contribution in [0.1, 0.15) is 21.4 Å². The molecule has 17 heavy (non-hydrogen) atoms. The fraction of sp³-hybridized carbons (Fsp3) is 0.167. The molecule has 2 rings (SSSR count). The summed E-state index contributed by atoms with van der Waals surface area (Å²) >= 11 is 4.89. The number of halogens is 3. The second-order valence-corrected chi connectivity index (χ2v) is 5.85. The molecule has 1 heterocycles. The number of aryl methyl sites for hydroxylation is 1. The van der Waals surface area contributed by atoms with E-state index in [9.17, 15) is 8.78 Å². The molecule has 0 aliphatic rings. The van der Waals surface area contributed by atoms with E-state index >= 15 is 0 Å². The molecule has 90 valence electrons. The van der Waals surface area contributed by atoms with Crippen LogP contribution in [-0.2, 0) is 0 Å². The van der Waals surface area contributed by atoms with Crippen LogP contribution in [0.2, 0.25) is 0 Å². The minimum atomic E-state index is -0.615. The normalized spacial score (nSPS) is 12.8. The average Bonchev–Trinajstić information content (AvgIpc) is 2.57. The maximum atomic E-state index is 13.6. The van der Waals surface area contributed by atoms with Gasteiger partial charge in [-0.15, -0.1) is 11.3 Å². The standard InChI is InChI=1S/C12H10BrF2NS/c1-6-4-9(13)12(17-6)11(16)8-3-2-7(14)5-10(8)15/h2-5,11H,16H2,1H3. The Kier molecular flexibility index (Phi) is 3.61. The lowest BCUT2D eigenvalue weighted by Crippen LogP contribution is -2.12. The molecule has 2 N–H and O–H groups in total. The summed E-state index contributed by atoms with van der Waals surface area (Å²) in [6, 6.07) is 4.80. The Morgan fingerprint density at radius 3 is 2.53 bits per heavy atom. The molecule has 1 nitrogen and oxygen atoms in total. The predicted octanol–water partition coefficient (Wildman–Crippen LogP) is 4.15. The number of rotatable bonds is 2. The van der Waals surface area contributed by atoms with Crippen molar-refractivity contribution in [2.24, 2.45) is 5.73 Å². The van der Waals surface area contributed by atoms with Crippen molar-refractivity contribution in [3.05, 3.63) is 55.7 Å². The van der Waals surface area contributed by atoms with Crippen LogP contribution in [0.5, 0.6) is 0 Å². The predicted molar refractivity (Wildman–Crippen MR) is 69.1 cm³/mol. The van der Waals surface area contributed by atoms with Gasteiger partial charge < -0.3 is 5.73 Å². The summed E-state index contributed by atoms with van der Waals surface area (Å²) in [4.78, 5) is 1.93. The molecule has 1 aromatic carbocycles. The Labute approximate surface area is 110 Å². The van der Waals surface area contributed by atoms with Crippen molar-refractivity contribution in [1.82, 2.24) is 0 Å². The molecule has 0 spiro atoms. The molecule has 0 saturated carbocycles. The topological polar surface area (TPSA) is 26.0 Å². The van der Waals surface area contributed by atoms with Crippen LogP contribution in [0.4, 0.5) is 8.78 Å². The number of thiophene rings is 1. The highest BCUT2D eigenvalue weighted by molar-refractivity contribution is 9.10. The average molecular weight is 318 g/mol. The van der Waals surface area contributed by atoms with Crippen LogP contribution in [0.3, 0.4) is 0 Å². The Bertz CT molecular complexity index is 553. The molecule has 2 aromatic rings. The van der Waals surface area contributed by atoms with Crippen molar-refractivity contribution in [2.45, 2.75) is 13.0 Å². The molecule has 1 unspecified atom stereocenters. The summed E-state index contributed by atoms with van der Waals surface area (Å²) in [5.41, 5.74) is 6.30. The third-order valence-corrected chi connectivity index (χ3v) is 4.47. The molecule has 0 fully saturated rings. The molecular formula is C12H10BrF2NS. The van der Waals surface area contributed by atoms with E-state index in [4.69, 9.17) is 5.73 Å². The van der Waals surface area contributed by atoms with E-state index in [1.165, 1.54) is 23.5 Å². The van der Waals surface area contributed by atoms with Gasteiger partial charge in [0.05, 0.1) is 6.04 Å². The van der Waals surface area contributed by atoms with Gasteiger partial charge in [-0.3, -0.25) is 0 Å². The van der Waals surface area contributed by atoms with Crippen molar-refractivity contribution in [3.63, 3.8) is 0 Å². The lowest BCUT2D eigenvalue weighted by molar-refractivity contribution is 0.566. The molecule has 1 atom stereocenters. The SMILES string of the molecule is Cc1cc(Br)c(C(N)c2ccc(F)cc2F)s1. The number of hydrogen-bond donors (Lipinski definition) is 1. The van der Waals surface area contributed by atoms with Gasteiger partial charge in [0.1, 0.15) is 11.6 Å². The minimum absolute atomic E-state index is 0.300. The molecule has 0 aliphatic carbocycles. The fourth-order valence-electron chi connectivity index (χ4n) is 1.61. The highest BCUT2D eigenvalue weighted by Gasteiger charge is 2.18. The second kappa shape index (κ2) is 4.84. The Morgan fingerprint density at radius 2 is 2.00 bits per heavy atom. The summed E-state index contributed by atoms with van der Waals surface area (Å²) in [7, 11) is 0. The van der Waals surface area contributed by atoms with Crippen molar-refractivity contribution >= 4 is 27.3 Å². The van der Waals surface area contributed by atoms with Crippen LogP contribution in [0.15, 0.2) is 28.7 Å². The zero-order valence-corrected chi connectivity index (χ0v) is 11.4. The highest BCUT2D eigenvalue weighted by Crippen LogP contribution is 2.35. The maximum Gasteiger partial charge on any atom is 0.131 e. The summed E-state index contributed by atoms with van der Waals surface area (Å²) < 4.78 is 27.3. The second-order valence-electron chi connectivity index (χ2n) is 3.71. The van der Waals surface area contributed by atoms with Crippen LogP contribution in [0.25, 0.3) is 0 Å². The Balaban J connectivity index is 2.43. The first-order chi connectivity index (χ1) is 7.99. The maximum absolute atomic E-state index is 13.6. The Morgan fingerprint density at radius 1 is 1.29 bits per heavy atom. The van der Waals surface area contributed by atoms with Crippen LogP contribution >= 0.6 is 27.3 Å². The van der Waals surface area contributed by atoms with E-state index in [-0.39, 0.29) is 0 Å². The number of benzene rings is 1. The number of nitrogens with two attached hydrogens (primary N) is 1. The van der Waals surface area contributed by atoms with E-state index in [2.05, 4.69) is 15.9 Å². The van der Waals surface area contributed by atoms with Crippen LogP contribution < -0.4 is 5.73 Å². The largest absolute Gasteiger partial charge is 0.319 e. The van der Waals surface area contributed by atoms with E-state index in [1.807, 2.05) is 13.0 Å². The van der Waals surface area contributed by atoms with Gasteiger partial charge in [0.2, 0.25) is 0 Å². The van der Waals surface area contributed by atoms with Gasteiger partial charge in [-0.1, -0.05) is 6.07 Å². The smallest absolute Gasteiger partial charge is 0.131 e. The van der Waals surface area contributed by atoms with E-state index in [0.717, 1.165) is 20.3 Å². The van der Waals surface area contributed by atoms with Gasteiger partial charge >= 0.3 is 0 Å². The molecule has 5 heteroatoms. The van der Waals surface area contributed by atoms with Gasteiger partial charge in [0.25, 0.3) is 0 Å². The molecular weight excluding hydrogens is 308 g/mol. The van der Waals surface area contributed by atoms with E-state index in [1.54, 1.807) is 0 Å². The van der Waals surface area contributed by atoms with Gasteiger partial charge in [0, 0.05) is 25.9 Å². The third-order valence-electron chi connectivity index (χ3n) is 2.42. The first-order valence-corrected chi connectivity index (χ1v) is 6.56. The summed E-state index contributed by atoms with van der Waals surface area (Å²) in [5.74, 6) is -1.21. The van der Waals surface area contributed by atoms with Crippen molar-refractivity contribution < 1.29 is 8.78 Å². The van der Waals surface area contributed by atoms with Gasteiger partial charge in [-0.05, 0) is 35.0 Å². The lowest BCUT2D eigenvalue weighted by atomic mass is 10.1. The zero-order chi connectivity index (χ0) is 12.6. The lowest BCUT2D eigenvalue weighted by Gasteiger charge is -2.12. The summed E-state index contributed by atoms with van der Waals surface area (Å²) in [6.07, 6.45) is 0. The molecule has 0 saturated heterocycles. The zero-order valence-electron chi connectivity index (χ0n) is 9.01. The molecule has 1 aromatic heterocycles. The van der Waals surface area contributed by atoms with Crippen molar-refractivity contribution in [1.29, 1.82) is 0 Å². The van der Waals surface area contributed by atoms with Gasteiger partial charge in [0.15, 0.2) is 0 Å². The fourth-order valence-corrected chi connectivity index (χ4v) is 3.53. The summed E-state index contributed by atoms with van der Waals surface area (Å²) in [6.45, 7) is 1.95. The van der Waals surface area contributed by atoms with Gasteiger partial charge in [-0.25, -0.2) is 8.78 Å². The van der Waals surface area contributed by atoms with E-state index < -0.39 is 17.7 Å². The van der Waals surface area contributed by atoms with Gasteiger partial charge in [-0.2, -0.15) is 0 Å². The highest BCUT2D eigenvalue weighted by atomic mass is 79.9. The quantitative estimate of drug-likeness (QED) is 0.884. The monoisotopic (exact) mass is 317 g/mol. The number of hydrogen-bond acceptors (Lipinski definition) is 2. The van der Waals surface area contributed by atoms with E-state index in [0.29, 0.717) is 5.56 Å². The molecule has 0 aliphatic heterocycles. The molecule has 0 radical (unpaired) electrons. The van der Waals surface area contributed by atoms with Crippen molar-refractivity contribution in [2.75, 3.05) is 0 Å². The van der Waals surface area contributed by atoms with Crippen molar-refractivity contribution in [3.8, 4) is 0 Å². The van der Waals surface area contributed by atoms with Crippen LogP contribution in [0, 0.1) is 18.6 Å². The first-order valence-electron chi connectivity index (χ1n) is 4.95. The summed E-state index contributed by atoms with van der Waals surface area (Å²) in [5, 5.41) is 0. The first kappa shape index (κ1) is 12.7. The Hall–Kier alpha value is -0.780. The van der Waals surface area contributed by atoms with Crippen LogP contribution in [-0.4, -0.2) is 0 Å². The third kappa shape index (κ3) is 2.56. The molecule has 0 amide bonds.